The van der Waals surface area contributed by atoms with Crippen LogP contribution in [0.1, 0.15) is 12.0 Å². The summed E-state index contributed by atoms with van der Waals surface area (Å²) in [6.07, 6.45) is 0.469. The lowest BCUT2D eigenvalue weighted by molar-refractivity contribution is 0.306. The van der Waals surface area contributed by atoms with Gasteiger partial charge in [0.15, 0.2) is 11.4 Å². The predicted molar refractivity (Wildman–Crippen MR) is 61.6 cm³/mol. The molecule has 0 amide bonds. The molecule has 1 aromatic rings. The van der Waals surface area contributed by atoms with E-state index in [9.17, 15) is 4.39 Å². The van der Waals surface area contributed by atoms with Gasteiger partial charge in [-0.1, -0.05) is 30.3 Å². The molecule has 1 aliphatic carbocycles. The number of nitrogens with two attached hydrogens (primary N) is 1. The molecule has 2 N–H and O–H groups in total. The first-order chi connectivity index (χ1) is 6.23. The van der Waals surface area contributed by atoms with Crippen LogP contribution in [-0.2, 0) is 5.67 Å². The van der Waals surface area contributed by atoms with Crippen molar-refractivity contribution in [2.45, 2.75) is 18.1 Å². The predicted octanol–water partition coefficient (Wildman–Crippen LogP) is 2.09. The fourth-order valence-electron chi connectivity index (χ4n) is 1.31. The van der Waals surface area contributed by atoms with E-state index >= 15 is 0 Å². The summed E-state index contributed by atoms with van der Waals surface area (Å²) in [4.78, 5) is 0. The lowest BCUT2D eigenvalue weighted by atomic mass is 10.1. The van der Waals surface area contributed by atoms with Crippen molar-refractivity contribution in [2.75, 3.05) is 0 Å². The molecule has 0 aromatic heterocycles. The van der Waals surface area contributed by atoms with Crippen molar-refractivity contribution in [3.05, 3.63) is 35.9 Å². The number of hydrogen-bond donors (Lipinski definition) is 1. The van der Waals surface area contributed by atoms with E-state index < -0.39 is 5.67 Å². The van der Waals surface area contributed by atoms with Gasteiger partial charge in [0.25, 0.3) is 0 Å². The molecule has 68 valence electrons. The Morgan fingerprint density at radius 3 is 2.23 bits per heavy atom. The molecule has 13 heavy (non-hydrogen) atoms. The molecule has 1 nitrogen and oxygen atoms in total. The fraction of sp³-hybridized carbons (Fsp3) is 0.333. The van der Waals surface area contributed by atoms with E-state index in [1.54, 1.807) is 34.5 Å². The van der Waals surface area contributed by atoms with Crippen LogP contribution in [0.5, 0.6) is 0 Å². The van der Waals surface area contributed by atoms with Gasteiger partial charge < -0.3 is 5.73 Å². The van der Waals surface area contributed by atoms with Gasteiger partial charge in [0.2, 0.25) is 0 Å². The van der Waals surface area contributed by atoms with Crippen LogP contribution < -0.4 is 5.73 Å². The van der Waals surface area contributed by atoms with E-state index in [4.69, 9.17) is 5.73 Å². The maximum atomic E-state index is 13.5. The van der Waals surface area contributed by atoms with Gasteiger partial charge in [-0.15, -0.1) is 0 Å². The molecule has 2 atom stereocenters. The van der Waals surface area contributed by atoms with Crippen LogP contribution >= 0.6 is 22.4 Å². The minimum absolute atomic E-state index is 0.287. The zero-order valence-electron chi connectivity index (χ0n) is 7.08. The summed E-state index contributed by atoms with van der Waals surface area (Å²) in [5, 5.41) is 0. The Balaban J connectivity index is 0.000000396. The first kappa shape index (κ1) is 11.0. The second kappa shape index (κ2) is 4.42. The van der Waals surface area contributed by atoms with E-state index in [0.717, 1.165) is 0 Å². The summed E-state index contributed by atoms with van der Waals surface area (Å²) < 4.78 is 13.5. The summed E-state index contributed by atoms with van der Waals surface area (Å²) in [6.45, 7) is 0. The van der Waals surface area contributed by atoms with Crippen LogP contribution in [0.4, 0.5) is 4.39 Å². The highest BCUT2D eigenvalue weighted by Gasteiger charge is 2.54. The Bertz CT molecular complexity index is 270. The van der Waals surface area contributed by atoms with Crippen molar-refractivity contribution in [1.29, 1.82) is 0 Å². The Morgan fingerprint density at radius 1 is 1.38 bits per heavy atom. The van der Waals surface area contributed by atoms with Gasteiger partial charge in [-0.25, -0.2) is 4.39 Å². The highest BCUT2D eigenvalue weighted by molar-refractivity contribution is 14.1. The van der Waals surface area contributed by atoms with Crippen LogP contribution in [0.2, 0.25) is 0 Å². The molecular formula is C9H10BFIN. The first-order valence-electron chi connectivity index (χ1n) is 3.95. The van der Waals surface area contributed by atoms with Gasteiger partial charge in [0, 0.05) is 12.5 Å². The Hall–Kier alpha value is -0.0951. The van der Waals surface area contributed by atoms with E-state index in [1.165, 1.54) is 0 Å². The molecule has 1 fully saturated rings. The maximum Gasteiger partial charge on any atom is 0.169 e. The highest BCUT2D eigenvalue weighted by Crippen LogP contribution is 2.48. The first-order valence-corrected chi connectivity index (χ1v) is 5.20. The normalized spacial score (nSPS) is 30.2. The average Bonchev–Trinajstić information content (AvgIpc) is 2.81. The van der Waals surface area contributed by atoms with Crippen molar-refractivity contribution in [2.24, 2.45) is 5.73 Å². The summed E-state index contributed by atoms with van der Waals surface area (Å²) in [6, 6.07) is 8.83. The third-order valence-corrected chi connectivity index (χ3v) is 2.20. The standard InChI is InChI=1S/C9H10FN.BI/c10-9(6-8(9)11)7-4-2-1-3-5-7;1-2/h1-5,8H,6,11H2;/t8-,9+;/m0./s1. The molecule has 0 heterocycles. The summed E-state index contributed by atoms with van der Waals surface area (Å²) >= 11 is 1.65. The van der Waals surface area contributed by atoms with Gasteiger partial charge in [-0.05, 0) is 5.56 Å². The van der Waals surface area contributed by atoms with Gasteiger partial charge in [-0.2, -0.15) is 22.4 Å². The number of halogens is 2. The lowest BCUT2D eigenvalue weighted by Gasteiger charge is -2.04. The Morgan fingerprint density at radius 2 is 1.85 bits per heavy atom. The van der Waals surface area contributed by atoms with Crippen molar-refractivity contribution >= 4 is 28.1 Å². The van der Waals surface area contributed by atoms with Gasteiger partial charge in [0.05, 0.1) is 0 Å². The van der Waals surface area contributed by atoms with E-state index in [0.29, 0.717) is 12.0 Å². The fourth-order valence-corrected chi connectivity index (χ4v) is 1.31. The third kappa shape index (κ3) is 2.23. The SMILES string of the molecule is N[C@H]1C[C@@]1(F)c1ccccc1.[B]I. The smallest absolute Gasteiger partial charge is 0.169 e. The molecule has 1 aliphatic rings. The molecule has 1 saturated carbocycles. The molecule has 0 spiro atoms. The average molecular weight is 289 g/mol. The minimum atomic E-state index is -1.22. The van der Waals surface area contributed by atoms with Crippen LogP contribution in [0.25, 0.3) is 0 Å². The summed E-state index contributed by atoms with van der Waals surface area (Å²) in [5.41, 5.74) is 9.42. The molecule has 1 aromatic carbocycles. The van der Waals surface area contributed by atoms with Crippen molar-refractivity contribution in [3.8, 4) is 0 Å². The monoisotopic (exact) mass is 289 g/mol. The minimum Gasteiger partial charge on any atom is -0.325 e. The van der Waals surface area contributed by atoms with Crippen LogP contribution in [0.15, 0.2) is 30.3 Å². The highest BCUT2D eigenvalue weighted by atomic mass is 127. The number of hydrogen-bond acceptors (Lipinski definition) is 1. The number of benzene rings is 1. The summed E-state index contributed by atoms with van der Waals surface area (Å²) in [7, 11) is 0. The topological polar surface area (TPSA) is 26.0 Å². The zero-order chi connectivity index (χ0) is 9.90. The molecule has 0 bridgehead atoms. The maximum absolute atomic E-state index is 13.5. The molecule has 0 saturated heterocycles. The van der Waals surface area contributed by atoms with E-state index in [2.05, 4.69) is 5.70 Å². The molecule has 0 aliphatic heterocycles. The molecule has 2 rings (SSSR count). The Labute approximate surface area is 92.2 Å². The van der Waals surface area contributed by atoms with E-state index in [-0.39, 0.29) is 6.04 Å². The van der Waals surface area contributed by atoms with Crippen LogP contribution in [0.3, 0.4) is 0 Å². The number of alkyl halides is 1. The molecule has 2 radical (unpaired) electrons. The van der Waals surface area contributed by atoms with Crippen molar-refractivity contribution < 1.29 is 4.39 Å². The molecule has 4 heteroatoms. The zero-order valence-corrected chi connectivity index (χ0v) is 9.24. The van der Waals surface area contributed by atoms with Crippen LogP contribution in [-0.4, -0.2) is 11.7 Å². The van der Waals surface area contributed by atoms with Crippen molar-refractivity contribution in [3.63, 3.8) is 0 Å². The second-order valence-electron chi connectivity index (χ2n) is 3.04. The lowest BCUT2D eigenvalue weighted by Crippen LogP contribution is -2.12. The molecular weight excluding hydrogens is 279 g/mol. The summed E-state index contributed by atoms with van der Waals surface area (Å²) in [5.74, 6) is 0. The Kier molecular flexibility index (Phi) is 3.73. The largest absolute Gasteiger partial charge is 0.325 e. The second-order valence-corrected chi connectivity index (χ2v) is 3.04. The quantitative estimate of drug-likeness (QED) is 0.621. The van der Waals surface area contributed by atoms with Gasteiger partial charge >= 0.3 is 0 Å². The van der Waals surface area contributed by atoms with Crippen LogP contribution in [0, 0.1) is 0 Å². The van der Waals surface area contributed by atoms with Gasteiger partial charge in [-0.3, -0.25) is 0 Å². The van der Waals surface area contributed by atoms with E-state index in [1.807, 2.05) is 18.2 Å². The molecule has 0 unspecified atom stereocenters. The van der Waals surface area contributed by atoms with Gasteiger partial charge in [0.1, 0.15) is 0 Å². The van der Waals surface area contributed by atoms with Crippen molar-refractivity contribution in [1.82, 2.24) is 0 Å². The third-order valence-electron chi connectivity index (χ3n) is 2.20. The number of rotatable bonds is 1.